The van der Waals surface area contributed by atoms with Crippen molar-refractivity contribution in [3.8, 4) is 5.75 Å². The van der Waals surface area contributed by atoms with Gasteiger partial charge in [0.25, 0.3) is 0 Å². The summed E-state index contributed by atoms with van der Waals surface area (Å²) in [4.78, 5) is 0. The third-order valence-electron chi connectivity index (χ3n) is 4.73. The van der Waals surface area contributed by atoms with E-state index in [1.807, 2.05) is 6.08 Å². The summed E-state index contributed by atoms with van der Waals surface area (Å²) in [7, 11) is 0. The normalized spacial score (nSPS) is 23.5. The van der Waals surface area contributed by atoms with Crippen molar-refractivity contribution < 1.29 is 44.3 Å². The topological polar surface area (TPSA) is 21.3 Å². The monoisotopic (exact) mass is 419 g/mol. The first-order chi connectivity index (χ1) is 12.7. The molecule has 2 atom stereocenters. The molecule has 0 amide bonds. The van der Waals surface area contributed by atoms with E-state index in [-0.39, 0.29) is 12.1 Å². The molecule has 1 fully saturated rings. The largest absolute Gasteiger partial charge is 0.471 e. The summed E-state index contributed by atoms with van der Waals surface area (Å²) < 4.78 is 119. The summed E-state index contributed by atoms with van der Waals surface area (Å²) in [5, 5.41) is 3.33. The van der Waals surface area contributed by atoms with Crippen LogP contribution in [0.2, 0.25) is 0 Å². The zero-order valence-electron chi connectivity index (χ0n) is 14.0. The van der Waals surface area contributed by atoms with Crippen LogP contribution in [-0.4, -0.2) is 36.2 Å². The number of hydrogen-bond donors (Lipinski definition) is 1. The SMILES string of the molecule is FC(F)(F)C(F)(F)C(F)(F)C(F)(F)Oc1ccc(C2=CC3CCC(C2)N3)cc1. The van der Waals surface area contributed by atoms with E-state index in [1.54, 1.807) is 0 Å². The van der Waals surface area contributed by atoms with Crippen molar-refractivity contribution in [3.05, 3.63) is 35.9 Å². The third kappa shape index (κ3) is 3.44. The first kappa shape index (κ1) is 20.8. The van der Waals surface area contributed by atoms with Crippen molar-refractivity contribution in [1.82, 2.24) is 5.32 Å². The Kier molecular flexibility index (Phi) is 4.88. The molecule has 28 heavy (non-hydrogen) atoms. The molecule has 1 aromatic carbocycles. The zero-order chi connectivity index (χ0) is 21.0. The third-order valence-corrected chi connectivity index (χ3v) is 4.73. The highest BCUT2D eigenvalue weighted by molar-refractivity contribution is 5.68. The van der Waals surface area contributed by atoms with E-state index in [9.17, 15) is 39.5 Å². The second-order valence-corrected chi connectivity index (χ2v) is 6.73. The molecule has 0 spiro atoms. The van der Waals surface area contributed by atoms with Gasteiger partial charge in [-0.3, -0.25) is 0 Å². The summed E-state index contributed by atoms with van der Waals surface area (Å²) in [6, 6.07) is 4.56. The highest BCUT2D eigenvalue weighted by Crippen LogP contribution is 2.53. The summed E-state index contributed by atoms with van der Waals surface area (Å²) in [5.41, 5.74) is 1.47. The molecule has 1 aromatic rings. The molecule has 2 heterocycles. The Morgan fingerprint density at radius 1 is 0.821 bits per heavy atom. The van der Waals surface area contributed by atoms with Crippen LogP contribution in [0.5, 0.6) is 5.75 Å². The average Bonchev–Trinajstić information content (AvgIpc) is 2.92. The minimum absolute atomic E-state index is 0.164. The average molecular weight is 419 g/mol. The van der Waals surface area contributed by atoms with Crippen LogP contribution in [0.4, 0.5) is 39.5 Å². The maximum absolute atomic E-state index is 13.5. The van der Waals surface area contributed by atoms with Crippen molar-refractivity contribution in [1.29, 1.82) is 0 Å². The molecule has 2 aliphatic rings. The number of hydrogen-bond acceptors (Lipinski definition) is 2. The van der Waals surface area contributed by atoms with Crippen LogP contribution in [0.3, 0.4) is 0 Å². The van der Waals surface area contributed by atoms with Gasteiger partial charge in [0.15, 0.2) is 0 Å². The molecule has 0 aliphatic carbocycles. The van der Waals surface area contributed by atoms with Crippen molar-refractivity contribution in [2.24, 2.45) is 0 Å². The van der Waals surface area contributed by atoms with Gasteiger partial charge in [0.2, 0.25) is 0 Å². The zero-order valence-corrected chi connectivity index (χ0v) is 14.0. The van der Waals surface area contributed by atoms with E-state index >= 15 is 0 Å². The van der Waals surface area contributed by atoms with Crippen molar-refractivity contribution in [3.63, 3.8) is 0 Å². The maximum Gasteiger partial charge on any atom is 0.471 e. The summed E-state index contributed by atoms with van der Waals surface area (Å²) in [6.07, 6.45) is -8.49. The van der Waals surface area contributed by atoms with Gasteiger partial charge in [-0.2, -0.15) is 39.5 Å². The van der Waals surface area contributed by atoms with Crippen LogP contribution in [0.15, 0.2) is 30.3 Å². The van der Waals surface area contributed by atoms with Gasteiger partial charge in [-0.05, 0) is 42.5 Å². The molecular weight excluding hydrogens is 405 g/mol. The molecule has 2 aliphatic heterocycles. The Bertz CT molecular complexity index is 755. The first-order valence-corrected chi connectivity index (χ1v) is 8.21. The molecule has 3 rings (SSSR count). The lowest BCUT2D eigenvalue weighted by Crippen LogP contribution is -2.62. The van der Waals surface area contributed by atoms with Crippen LogP contribution >= 0.6 is 0 Å². The summed E-state index contributed by atoms with van der Waals surface area (Å²) >= 11 is 0. The van der Waals surface area contributed by atoms with E-state index < -0.39 is 29.9 Å². The van der Waals surface area contributed by atoms with E-state index in [2.05, 4.69) is 10.1 Å². The molecule has 1 saturated heterocycles. The number of nitrogens with one attached hydrogen (secondary N) is 1. The van der Waals surface area contributed by atoms with Crippen molar-refractivity contribution in [2.75, 3.05) is 0 Å². The van der Waals surface area contributed by atoms with E-state index in [1.165, 1.54) is 12.1 Å². The summed E-state index contributed by atoms with van der Waals surface area (Å²) in [5.74, 6) is -14.8. The lowest BCUT2D eigenvalue weighted by molar-refractivity contribution is -0.428. The summed E-state index contributed by atoms with van der Waals surface area (Å²) in [6.45, 7) is 0. The second-order valence-electron chi connectivity index (χ2n) is 6.73. The van der Waals surface area contributed by atoms with Crippen molar-refractivity contribution in [2.45, 2.75) is 55.5 Å². The highest BCUT2D eigenvalue weighted by Gasteiger charge is 2.83. The van der Waals surface area contributed by atoms with Gasteiger partial charge in [-0.15, -0.1) is 0 Å². The molecule has 0 aromatic heterocycles. The lowest BCUT2D eigenvalue weighted by atomic mass is 9.96. The van der Waals surface area contributed by atoms with Crippen LogP contribution in [0.1, 0.15) is 24.8 Å². The van der Waals surface area contributed by atoms with E-state index in [0.717, 1.165) is 30.5 Å². The van der Waals surface area contributed by atoms with Crippen LogP contribution < -0.4 is 10.1 Å². The number of fused-ring (bicyclic) bond motifs is 2. The van der Waals surface area contributed by atoms with E-state index in [4.69, 9.17) is 0 Å². The van der Waals surface area contributed by atoms with Crippen LogP contribution in [0, 0.1) is 0 Å². The van der Waals surface area contributed by atoms with Gasteiger partial charge in [0.05, 0.1) is 0 Å². The van der Waals surface area contributed by atoms with Gasteiger partial charge in [0, 0.05) is 12.1 Å². The van der Waals surface area contributed by atoms with Gasteiger partial charge in [-0.25, -0.2) is 0 Å². The van der Waals surface area contributed by atoms with Crippen LogP contribution in [-0.2, 0) is 0 Å². The first-order valence-electron chi connectivity index (χ1n) is 8.21. The molecule has 2 nitrogen and oxygen atoms in total. The molecule has 1 N–H and O–H groups in total. The number of ether oxygens (including phenoxy) is 1. The van der Waals surface area contributed by atoms with Gasteiger partial charge in [-0.1, -0.05) is 18.2 Å². The Hall–Kier alpha value is -1.91. The molecule has 2 bridgehead atoms. The van der Waals surface area contributed by atoms with Crippen LogP contribution in [0.25, 0.3) is 5.57 Å². The molecule has 156 valence electrons. The quantitative estimate of drug-likeness (QED) is 0.646. The predicted molar refractivity (Wildman–Crippen MR) is 80.5 cm³/mol. The number of alkyl halides is 9. The highest BCUT2D eigenvalue weighted by atomic mass is 19.4. The smallest absolute Gasteiger partial charge is 0.428 e. The maximum atomic E-state index is 13.5. The van der Waals surface area contributed by atoms with Gasteiger partial charge < -0.3 is 10.1 Å². The lowest BCUT2D eigenvalue weighted by Gasteiger charge is -2.33. The fourth-order valence-corrected chi connectivity index (χ4v) is 3.24. The second kappa shape index (κ2) is 6.57. The minimum atomic E-state index is -6.98. The standard InChI is InChI=1S/C17H14F9NO/c18-14(19,16(22,23)24)15(20,21)17(25,26)28-13-5-1-9(2-6-13)10-7-11-3-4-12(8-10)27-11/h1-2,5-7,11-12,27H,3-4,8H2. The molecule has 0 saturated carbocycles. The molecular formula is C17H14F9NO. The minimum Gasteiger partial charge on any atom is -0.428 e. The fraction of sp³-hybridized carbons (Fsp3) is 0.529. The Labute approximate surface area is 153 Å². The van der Waals surface area contributed by atoms with Gasteiger partial charge in [0.1, 0.15) is 5.75 Å². The number of rotatable bonds is 5. The fourth-order valence-electron chi connectivity index (χ4n) is 3.24. The molecule has 11 heteroatoms. The van der Waals surface area contributed by atoms with E-state index in [0.29, 0.717) is 12.0 Å². The molecule has 2 unspecified atom stereocenters. The Morgan fingerprint density at radius 3 is 1.96 bits per heavy atom. The van der Waals surface area contributed by atoms with Gasteiger partial charge >= 0.3 is 24.1 Å². The van der Waals surface area contributed by atoms with Crippen molar-refractivity contribution >= 4 is 5.57 Å². The predicted octanol–water partition coefficient (Wildman–Crippen LogP) is 5.40. The number of halogens is 9. The molecule has 0 radical (unpaired) electrons. The number of benzene rings is 1. The Morgan fingerprint density at radius 2 is 1.43 bits per heavy atom. The Balaban J connectivity index is 1.77.